The number of aliphatic imine (C=N–C) groups is 1. The lowest BCUT2D eigenvalue weighted by Crippen LogP contribution is -2.37. The first kappa shape index (κ1) is 23.3. The van der Waals surface area contributed by atoms with Crippen molar-refractivity contribution in [1.82, 2.24) is 30.7 Å². The van der Waals surface area contributed by atoms with Gasteiger partial charge in [-0.1, -0.05) is 24.3 Å². The zero-order valence-electron chi connectivity index (χ0n) is 17.8. The molecule has 3 aromatic rings. The van der Waals surface area contributed by atoms with Crippen molar-refractivity contribution in [2.75, 3.05) is 19.6 Å². The number of nitrogens with one attached hydrogen (secondary N) is 3. The monoisotopic (exact) mass is 535 g/mol. The Labute approximate surface area is 199 Å². The van der Waals surface area contributed by atoms with Gasteiger partial charge < -0.3 is 15.1 Å². The molecule has 1 aliphatic heterocycles. The van der Waals surface area contributed by atoms with Gasteiger partial charge in [0, 0.05) is 13.1 Å². The summed E-state index contributed by atoms with van der Waals surface area (Å²) in [5.41, 5.74) is 2.56. The Morgan fingerprint density at radius 2 is 1.90 bits per heavy atom. The van der Waals surface area contributed by atoms with Crippen LogP contribution in [0, 0.1) is 0 Å². The highest BCUT2D eigenvalue weighted by Crippen LogP contribution is 2.15. The number of halogens is 1. The third-order valence-electron chi connectivity index (χ3n) is 5.09. The second-order valence-corrected chi connectivity index (χ2v) is 7.43. The molecule has 2 aromatic heterocycles. The fourth-order valence-corrected chi connectivity index (χ4v) is 3.52. The standard InChI is InChI=1S/C22H29N7O.HI/c1-2-23-22(25-15-20-26-21(28-27-20)19-6-5-13-30-19)24-14-17-7-9-18(10-8-17)16-29-11-3-4-12-29;/h5-10,13H,2-4,11-12,14-16H2,1H3,(H2,23,24,25)(H,26,27,28);1H. The van der Waals surface area contributed by atoms with Gasteiger partial charge in [0.25, 0.3) is 0 Å². The molecule has 0 saturated carbocycles. The van der Waals surface area contributed by atoms with Crippen molar-refractivity contribution < 1.29 is 4.42 Å². The number of aromatic nitrogens is 3. The number of hydrogen-bond acceptors (Lipinski definition) is 5. The maximum atomic E-state index is 5.33. The molecule has 0 atom stereocenters. The van der Waals surface area contributed by atoms with E-state index in [9.17, 15) is 0 Å². The van der Waals surface area contributed by atoms with Gasteiger partial charge in [-0.05, 0) is 56.1 Å². The number of likely N-dealkylation sites (tertiary alicyclic amines) is 1. The third-order valence-corrected chi connectivity index (χ3v) is 5.09. The first-order chi connectivity index (χ1) is 14.8. The molecule has 0 unspecified atom stereocenters. The molecule has 4 rings (SSSR count). The number of furan rings is 1. The summed E-state index contributed by atoms with van der Waals surface area (Å²) in [5.74, 6) is 2.66. The summed E-state index contributed by atoms with van der Waals surface area (Å²) >= 11 is 0. The molecule has 1 aromatic carbocycles. The summed E-state index contributed by atoms with van der Waals surface area (Å²) in [6.45, 7) is 7.44. The molecule has 1 fully saturated rings. The minimum absolute atomic E-state index is 0. The van der Waals surface area contributed by atoms with Crippen LogP contribution >= 0.6 is 24.0 Å². The smallest absolute Gasteiger partial charge is 0.216 e. The van der Waals surface area contributed by atoms with Gasteiger partial charge in [-0.2, -0.15) is 0 Å². The van der Waals surface area contributed by atoms with Crippen molar-refractivity contribution in [3.05, 3.63) is 59.6 Å². The molecular weight excluding hydrogens is 505 g/mol. The summed E-state index contributed by atoms with van der Waals surface area (Å²) in [6.07, 6.45) is 4.26. The fourth-order valence-electron chi connectivity index (χ4n) is 3.52. The first-order valence-electron chi connectivity index (χ1n) is 10.6. The molecule has 0 aliphatic carbocycles. The number of rotatable bonds is 8. The van der Waals surface area contributed by atoms with Crippen LogP contribution in [-0.4, -0.2) is 45.7 Å². The molecule has 9 heteroatoms. The summed E-state index contributed by atoms with van der Waals surface area (Å²) in [4.78, 5) is 11.7. The van der Waals surface area contributed by atoms with E-state index in [1.165, 1.54) is 37.1 Å². The average molecular weight is 535 g/mol. The van der Waals surface area contributed by atoms with Gasteiger partial charge in [0.15, 0.2) is 11.7 Å². The molecule has 0 bridgehead atoms. The SMILES string of the molecule is CCNC(=NCc1ccc(CN2CCCC2)cc1)NCc1nc(-c2ccco2)n[nH]1.I. The molecule has 0 spiro atoms. The van der Waals surface area contributed by atoms with Crippen molar-refractivity contribution >= 4 is 29.9 Å². The van der Waals surface area contributed by atoms with Crippen LogP contribution in [0.3, 0.4) is 0 Å². The third kappa shape index (κ3) is 6.79. The van der Waals surface area contributed by atoms with E-state index in [0.717, 1.165) is 24.9 Å². The first-order valence-corrected chi connectivity index (χ1v) is 10.6. The van der Waals surface area contributed by atoms with E-state index in [4.69, 9.17) is 9.41 Å². The average Bonchev–Trinajstić information content (AvgIpc) is 3.54. The molecular formula is C22H30IN7O. The lowest BCUT2D eigenvalue weighted by molar-refractivity contribution is 0.331. The molecule has 1 aliphatic rings. The highest BCUT2D eigenvalue weighted by Gasteiger charge is 2.11. The summed E-state index contributed by atoms with van der Waals surface area (Å²) in [6, 6.07) is 12.4. The van der Waals surface area contributed by atoms with Crippen LogP contribution in [-0.2, 0) is 19.6 Å². The normalized spacial score (nSPS) is 14.4. The lowest BCUT2D eigenvalue weighted by atomic mass is 10.1. The highest BCUT2D eigenvalue weighted by atomic mass is 127. The second kappa shape index (κ2) is 11.8. The number of guanidine groups is 1. The predicted molar refractivity (Wildman–Crippen MR) is 132 cm³/mol. The second-order valence-electron chi connectivity index (χ2n) is 7.43. The van der Waals surface area contributed by atoms with Crippen LogP contribution in [0.2, 0.25) is 0 Å². The molecule has 0 radical (unpaired) electrons. The fraction of sp³-hybridized carbons (Fsp3) is 0.409. The molecule has 3 heterocycles. The van der Waals surface area contributed by atoms with E-state index < -0.39 is 0 Å². The van der Waals surface area contributed by atoms with Crippen LogP contribution in [0.4, 0.5) is 0 Å². The summed E-state index contributed by atoms with van der Waals surface area (Å²) in [5, 5.41) is 13.7. The Kier molecular flexibility index (Phi) is 8.89. The maximum Gasteiger partial charge on any atom is 0.216 e. The van der Waals surface area contributed by atoms with Crippen LogP contribution in [0.1, 0.15) is 36.7 Å². The van der Waals surface area contributed by atoms with Crippen molar-refractivity contribution in [2.24, 2.45) is 4.99 Å². The Morgan fingerprint density at radius 3 is 2.61 bits per heavy atom. The number of nitrogens with zero attached hydrogens (tertiary/aromatic N) is 4. The summed E-state index contributed by atoms with van der Waals surface area (Å²) in [7, 11) is 0. The summed E-state index contributed by atoms with van der Waals surface area (Å²) < 4.78 is 5.33. The number of aromatic amines is 1. The van der Waals surface area contributed by atoms with Gasteiger partial charge in [0.2, 0.25) is 5.82 Å². The number of benzene rings is 1. The van der Waals surface area contributed by atoms with Gasteiger partial charge in [0.1, 0.15) is 5.82 Å². The Hall–Kier alpha value is -2.40. The van der Waals surface area contributed by atoms with E-state index in [0.29, 0.717) is 24.7 Å². The highest BCUT2D eigenvalue weighted by molar-refractivity contribution is 14.0. The molecule has 3 N–H and O–H groups in total. The van der Waals surface area contributed by atoms with E-state index in [2.05, 4.69) is 55.0 Å². The van der Waals surface area contributed by atoms with Crippen LogP contribution in [0.15, 0.2) is 52.1 Å². The lowest BCUT2D eigenvalue weighted by Gasteiger charge is -2.14. The minimum Gasteiger partial charge on any atom is -0.461 e. The van der Waals surface area contributed by atoms with Crippen LogP contribution in [0.25, 0.3) is 11.6 Å². The van der Waals surface area contributed by atoms with Crippen molar-refractivity contribution in [1.29, 1.82) is 0 Å². The van der Waals surface area contributed by atoms with Crippen LogP contribution in [0.5, 0.6) is 0 Å². The quantitative estimate of drug-likeness (QED) is 0.232. The minimum atomic E-state index is 0. The van der Waals surface area contributed by atoms with Crippen molar-refractivity contribution in [3.8, 4) is 11.6 Å². The van der Waals surface area contributed by atoms with Gasteiger partial charge >= 0.3 is 0 Å². The molecule has 1 saturated heterocycles. The Bertz CT molecular complexity index is 931. The Balaban J connectivity index is 0.00000272. The van der Waals surface area contributed by atoms with Crippen LogP contribution < -0.4 is 10.6 Å². The van der Waals surface area contributed by atoms with Gasteiger partial charge in [0.05, 0.1) is 19.4 Å². The molecule has 8 nitrogen and oxygen atoms in total. The van der Waals surface area contributed by atoms with Crippen molar-refractivity contribution in [2.45, 2.75) is 39.4 Å². The van der Waals surface area contributed by atoms with E-state index in [1.807, 2.05) is 19.1 Å². The Morgan fingerprint density at radius 1 is 1.13 bits per heavy atom. The largest absolute Gasteiger partial charge is 0.461 e. The topological polar surface area (TPSA) is 94.4 Å². The van der Waals surface area contributed by atoms with Gasteiger partial charge in [-0.3, -0.25) is 10.00 Å². The molecule has 0 amide bonds. The van der Waals surface area contributed by atoms with E-state index in [-0.39, 0.29) is 24.0 Å². The zero-order valence-corrected chi connectivity index (χ0v) is 20.1. The molecule has 31 heavy (non-hydrogen) atoms. The number of H-pyrrole nitrogens is 1. The van der Waals surface area contributed by atoms with E-state index >= 15 is 0 Å². The molecule has 166 valence electrons. The zero-order chi connectivity index (χ0) is 20.6. The maximum absolute atomic E-state index is 5.33. The van der Waals surface area contributed by atoms with Gasteiger partial charge in [-0.15, -0.1) is 29.1 Å². The van der Waals surface area contributed by atoms with Crippen molar-refractivity contribution in [3.63, 3.8) is 0 Å². The van der Waals surface area contributed by atoms with E-state index in [1.54, 1.807) is 6.26 Å². The van der Waals surface area contributed by atoms with Gasteiger partial charge in [-0.25, -0.2) is 9.98 Å². The predicted octanol–water partition coefficient (Wildman–Crippen LogP) is 3.53. The number of hydrogen-bond donors (Lipinski definition) is 3.